The molecule has 0 saturated carbocycles. The van der Waals surface area contributed by atoms with Crippen LogP contribution < -0.4 is 11.1 Å². The van der Waals surface area contributed by atoms with Crippen LogP contribution in [0.3, 0.4) is 0 Å². The van der Waals surface area contributed by atoms with Gasteiger partial charge < -0.3 is 11.1 Å². The molecule has 0 fully saturated rings. The third-order valence-electron chi connectivity index (χ3n) is 4.70. The SMILES string of the molecule is NC(=O)c1ccc(-c2ccnc(NCc3ccc(-c4ccc(F)cc4)cc3)n2)cc1. The molecule has 1 amide bonds. The van der Waals surface area contributed by atoms with Gasteiger partial charge in [0.2, 0.25) is 11.9 Å². The van der Waals surface area contributed by atoms with Gasteiger partial charge in [0.05, 0.1) is 5.69 Å². The molecule has 0 aliphatic heterocycles. The van der Waals surface area contributed by atoms with Crippen molar-refractivity contribution in [3.05, 3.63) is 102 Å². The molecule has 30 heavy (non-hydrogen) atoms. The van der Waals surface area contributed by atoms with Gasteiger partial charge in [-0.25, -0.2) is 14.4 Å². The normalized spacial score (nSPS) is 10.6. The molecule has 0 radical (unpaired) electrons. The summed E-state index contributed by atoms with van der Waals surface area (Å²) in [7, 11) is 0. The van der Waals surface area contributed by atoms with E-state index in [1.165, 1.54) is 12.1 Å². The van der Waals surface area contributed by atoms with Crippen molar-refractivity contribution in [2.24, 2.45) is 5.73 Å². The van der Waals surface area contributed by atoms with Gasteiger partial charge in [0.15, 0.2) is 0 Å². The van der Waals surface area contributed by atoms with E-state index >= 15 is 0 Å². The molecule has 148 valence electrons. The number of nitrogens with two attached hydrogens (primary N) is 1. The Balaban J connectivity index is 1.43. The molecule has 4 rings (SSSR count). The highest BCUT2D eigenvalue weighted by molar-refractivity contribution is 5.93. The van der Waals surface area contributed by atoms with Crippen molar-refractivity contribution in [3.63, 3.8) is 0 Å². The van der Waals surface area contributed by atoms with E-state index in [9.17, 15) is 9.18 Å². The number of amides is 1. The Morgan fingerprint density at radius 1 is 0.833 bits per heavy atom. The Morgan fingerprint density at radius 3 is 2.07 bits per heavy atom. The fraction of sp³-hybridized carbons (Fsp3) is 0.0417. The van der Waals surface area contributed by atoms with Gasteiger partial charge in [-0.15, -0.1) is 0 Å². The molecule has 5 nitrogen and oxygen atoms in total. The summed E-state index contributed by atoms with van der Waals surface area (Å²) >= 11 is 0. The minimum atomic E-state index is -0.461. The number of halogens is 1. The molecular weight excluding hydrogens is 379 g/mol. The van der Waals surface area contributed by atoms with Crippen molar-refractivity contribution in [2.45, 2.75) is 6.54 Å². The van der Waals surface area contributed by atoms with Crippen molar-refractivity contribution >= 4 is 11.9 Å². The minimum absolute atomic E-state index is 0.245. The molecule has 0 aliphatic carbocycles. The number of hydrogen-bond acceptors (Lipinski definition) is 4. The van der Waals surface area contributed by atoms with Crippen LogP contribution >= 0.6 is 0 Å². The van der Waals surface area contributed by atoms with Gasteiger partial charge in [-0.1, -0.05) is 48.5 Å². The van der Waals surface area contributed by atoms with Crippen LogP contribution in [0.15, 0.2) is 85.1 Å². The summed E-state index contributed by atoms with van der Waals surface area (Å²) < 4.78 is 13.1. The Hall–Kier alpha value is -4.06. The molecule has 0 aliphatic rings. The van der Waals surface area contributed by atoms with E-state index in [0.717, 1.165) is 27.9 Å². The van der Waals surface area contributed by atoms with Gasteiger partial charge in [0.1, 0.15) is 5.82 Å². The molecular formula is C24H19FN4O. The topological polar surface area (TPSA) is 80.9 Å². The number of nitrogens with one attached hydrogen (secondary N) is 1. The van der Waals surface area contributed by atoms with Crippen LogP contribution in [0, 0.1) is 5.82 Å². The highest BCUT2D eigenvalue weighted by Gasteiger charge is 2.05. The van der Waals surface area contributed by atoms with Gasteiger partial charge in [0, 0.05) is 23.9 Å². The smallest absolute Gasteiger partial charge is 0.248 e. The summed E-state index contributed by atoms with van der Waals surface area (Å²) in [4.78, 5) is 20.0. The summed E-state index contributed by atoms with van der Waals surface area (Å²) in [6, 6.07) is 23.2. The average Bonchev–Trinajstić information content (AvgIpc) is 2.79. The largest absolute Gasteiger partial charge is 0.366 e. The fourth-order valence-electron chi connectivity index (χ4n) is 3.05. The van der Waals surface area contributed by atoms with Crippen molar-refractivity contribution in [2.75, 3.05) is 5.32 Å². The predicted octanol–water partition coefficient (Wildman–Crippen LogP) is 4.66. The maximum Gasteiger partial charge on any atom is 0.248 e. The van der Waals surface area contributed by atoms with E-state index in [-0.39, 0.29) is 5.82 Å². The Kier molecular flexibility index (Phi) is 5.48. The lowest BCUT2D eigenvalue weighted by molar-refractivity contribution is 0.100. The lowest BCUT2D eigenvalue weighted by Crippen LogP contribution is -2.10. The third-order valence-corrected chi connectivity index (χ3v) is 4.70. The standard InChI is InChI=1S/C24H19FN4O/c25-21-11-9-18(10-12-21)17-3-1-16(2-4-17)15-28-24-27-14-13-22(29-24)19-5-7-20(8-6-19)23(26)30/h1-14H,15H2,(H2,26,30)(H,27,28,29). The van der Waals surface area contributed by atoms with Gasteiger partial charge >= 0.3 is 0 Å². The first kappa shape index (κ1) is 19.3. The van der Waals surface area contributed by atoms with Crippen molar-refractivity contribution < 1.29 is 9.18 Å². The van der Waals surface area contributed by atoms with Crippen LogP contribution in [0.25, 0.3) is 22.4 Å². The predicted molar refractivity (Wildman–Crippen MR) is 115 cm³/mol. The van der Waals surface area contributed by atoms with E-state index in [1.807, 2.05) is 30.3 Å². The lowest BCUT2D eigenvalue weighted by atomic mass is 10.0. The first-order valence-corrected chi connectivity index (χ1v) is 9.40. The highest BCUT2D eigenvalue weighted by Crippen LogP contribution is 2.21. The average molecular weight is 398 g/mol. The number of hydrogen-bond donors (Lipinski definition) is 2. The lowest BCUT2D eigenvalue weighted by Gasteiger charge is -2.08. The minimum Gasteiger partial charge on any atom is -0.366 e. The second-order valence-corrected chi connectivity index (χ2v) is 6.76. The number of benzene rings is 3. The van der Waals surface area contributed by atoms with Crippen LogP contribution in [0.4, 0.5) is 10.3 Å². The number of aromatic nitrogens is 2. The molecule has 3 N–H and O–H groups in total. The molecule has 6 heteroatoms. The zero-order chi connectivity index (χ0) is 20.9. The molecule has 0 saturated heterocycles. The zero-order valence-electron chi connectivity index (χ0n) is 16.0. The molecule has 0 unspecified atom stereocenters. The van der Waals surface area contributed by atoms with Crippen LogP contribution in [0.1, 0.15) is 15.9 Å². The number of nitrogens with zero attached hydrogens (tertiary/aromatic N) is 2. The summed E-state index contributed by atoms with van der Waals surface area (Å²) in [6.07, 6.45) is 1.68. The maximum absolute atomic E-state index is 13.1. The highest BCUT2D eigenvalue weighted by atomic mass is 19.1. The molecule has 1 aromatic heterocycles. The maximum atomic E-state index is 13.1. The molecule has 0 spiro atoms. The van der Waals surface area contributed by atoms with Crippen molar-refractivity contribution in [1.29, 1.82) is 0 Å². The van der Waals surface area contributed by atoms with E-state index in [4.69, 9.17) is 5.73 Å². The van der Waals surface area contributed by atoms with E-state index < -0.39 is 5.91 Å². The number of anilines is 1. The Morgan fingerprint density at radius 2 is 1.43 bits per heavy atom. The van der Waals surface area contributed by atoms with Crippen LogP contribution in [0.2, 0.25) is 0 Å². The second kappa shape index (κ2) is 8.53. The van der Waals surface area contributed by atoms with E-state index in [1.54, 1.807) is 42.6 Å². The summed E-state index contributed by atoms with van der Waals surface area (Å²) in [5, 5.41) is 3.22. The summed E-state index contributed by atoms with van der Waals surface area (Å²) in [5.41, 5.74) is 10.4. The molecule has 1 heterocycles. The monoisotopic (exact) mass is 398 g/mol. The number of primary amides is 1. The zero-order valence-corrected chi connectivity index (χ0v) is 16.0. The summed E-state index contributed by atoms with van der Waals surface area (Å²) in [5.74, 6) is -0.197. The second-order valence-electron chi connectivity index (χ2n) is 6.76. The molecule has 3 aromatic carbocycles. The van der Waals surface area contributed by atoms with Gasteiger partial charge in [0.25, 0.3) is 0 Å². The third kappa shape index (κ3) is 4.50. The van der Waals surface area contributed by atoms with Crippen LogP contribution in [-0.4, -0.2) is 15.9 Å². The van der Waals surface area contributed by atoms with Crippen molar-refractivity contribution in [3.8, 4) is 22.4 Å². The molecule has 0 atom stereocenters. The Bertz CT molecular complexity index is 1160. The van der Waals surface area contributed by atoms with Gasteiger partial charge in [-0.05, 0) is 47.0 Å². The Labute approximate surface area is 173 Å². The van der Waals surface area contributed by atoms with Crippen LogP contribution in [0.5, 0.6) is 0 Å². The summed E-state index contributed by atoms with van der Waals surface area (Å²) in [6.45, 7) is 0.563. The fourth-order valence-corrected chi connectivity index (χ4v) is 3.05. The number of carbonyl (C=O) groups is 1. The number of rotatable bonds is 6. The molecule has 4 aromatic rings. The van der Waals surface area contributed by atoms with Crippen LogP contribution in [-0.2, 0) is 6.54 Å². The van der Waals surface area contributed by atoms with Crippen molar-refractivity contribution in [1.82, 2.24) is 9.97 Å². The van der Waals surface area contributed by atoms with Gasteiger partial charge in [-0.2, -0.15) is 0 Å². The first-order chi connectivity index (χ1) is 14.6. The van der Waals surface area contributed by atoms with Gasteiger partial charge in [-0.3, -0.25) is 4.79 Å². The van der Waals surface area contributed by atoms with E-state index in [0.29, 0.717) is 18.1 Å². The first-order valence-electron chi connectivity index (χ1n) is 9.40. The number of carbonyl (C=O) groups excluding carboxylic acids is 1. The van der Waals surface area contributed by atoms with E-state index in [2.05, 4.69) is 15.3 Å². The molecule has 0 bridgehead atoms. The quantitative estimate of drug-likeness (QED) is 0.495.